The van der Waals surface area contributed by atoms with E-state index in [1.54, 1.807) is 6.20 Å². The molecule has 0 unspecified atom stereocenters. The van der Waals surface area contributed by atoms with E-state index in [1.165, 1.54) is 0 Å². The van der Waals surface area contributed by atoms with Gasteiger partial charge in [0.15, 0.2) is 11.5 Å². The zero-order valence-electron chi connectivity index (χ0n) is 21.9. The predicted molar refractivity (Wildman–Crippen MR) is 149 cm³/mol. The lowest BCUT2D eigenvalue weighted by molar-refractivity contribution is 0.0690. The van der Waals surface area contributed by atoms with Crippen LogP contribution < -0.4 is 4.90 Å². The first kappa shape index (κ1) is 23.8. The number of hydrogen-bond donors (Lipinski definition) is 1. The van der Waals surface area contributed by atoms with Gasteiger partial charge in [0, 0.05) is 60.7 Å². The minimum Gasteiger partial charge on any atom is -0.378 e. The minimum atomic E-state index is 0.0451. The van der Waals surface area contributed by atoms with Crippen LogP contribution in [0, 0.1) is 6.92 Å². The highest BCUT2D eigenvalue weighted by atomic mass is 16.5. The summed E-state index contributed by atoms with van der Waals surface area (Å²) in [6.45, 7) is 6.12. The van der Waals surface area contributed by atoms with Crippen LogP contribution in [0.5, 0.6) is 0 Å². The number of piperidine rings is 1. The van der Waals surface area contributed by atoms with E-state index in [2.05, 4.69) is 43.8 Å². The number of morpholine rings is 1. The van der Waals surface area contributed by atoms with Gasteiger partial charge in [0.2, 0.25) is 0 Å². The Morgan fingerprint density at radius 3 is 2.72 bits per heavy atom. The summed E-state index contributed by atoms with van der Waals surface area (Å²) in [5, 5.41) is 6.91. The number of hydrogen-bond acceptors (Lipinski definition) is 7. The third-order valence-electron chi connectivity index (χ3n) is 7.89. The summed E-state index contributed by atoms with van der Waals surface area (Å²) in [6, 6.07) is 12.1. The number of nitrogens with zero attached hydrogens (tertiary/aromatic N) is 7. The van der Waals surface area contributed by atoms with Gasteiger partial charge in [0.05, 0.1) is 36.4 Å². The number of aryl methyl sites for hydroxylation is 1. The van der Waals surface area contributed by atoms with E-state index in [4.69, 9.17) is 19.8 Å². The van der Waals surface area contributed by atoms with Crippen molar-refractivity contribution in [1.82, 2.24) is 34.6 Å². The number of pyridine rings is 1. The number of aromatic amines is 1. The van der Waals surface area contributed by atoms with Crippen molar-refractivity contribution in [1.29, 1.82) is 0 Å². The number of rotatable bonds is 4. The molecule has 7 rings (SSSR count). The van der Waals surface area contributed by atoms with Gasteiger partial charge < -0.3 is 19.5 Å². The zero-order valence-corrected chi connectivity index (χ0v) is 21.9. The fourth-order valence-corrected chi connectivity index (χ4v) is 5.71. The fraction of sp³-hybridized carbons (Fsp3) is 0.345. The van der Waals surface area contributed by atoms with Crippen LogP contribution in [-0.4, -0.2) is 79.9 Å². The van der Waals surface area contributed by atoms with Crippen molar-refractivity contribution < 1.29 is 9.53 Å². The van der Waals surface area contributed by atoms with Crippen LogP contribution in [0.3, 0.4) is 0 Å². The smallest absolute Gasteiger partial charge is 0.255 e. The second-order valence-electron chi connectivity index (χ2n) is 10.2. The SMILES string of the molecule is Cc1ncccc1C(=O)N1CCC(n2ncc3c(N4CCOCC4)nc(-c4ccc5[nH]ccc5c4)nc32)CC1. The molecule has 1 aromatic carbocycles. The Kier molecular flexibility index (Phi) is 5.96. The molecule has 198 valence electrons. The van der Waals surface area contributed by atoms with Crippen molar-refractivity contribution in [2.45, 2.75) is 25.8 Å². The fourth-order valence-electron chi connectivity index (χ4n) is 5.71. The van der Waals surface area contributed by atoms with Crippen LogP contribution in [0.4, 0.5) is 5.82 Å². The molecule has 4 aromatic heterocycles. The summed E-state index contributed by atoms with van der Waals surface area (Å²) >= 11 is 0. The molecule has 0 aliphatic carbocycles. The lowest BCUT2D eigenvalue weighted by Gasteiger charge is -2.32. The monoisotopic (exact) mass is 522 g/mol. The average molecular weight is 523 g/mol. The molecule has 2 saturated heterocycles. The zero-order chi connectivity index (χ0) is 26.3. The van der Waals surface area contributed by atoms with Crippen molar-refractivity contribution in [2.24, 2.45) is 0 Å². The largest absolute Gasteiger partial charge is 0.378 e. The molecule has 2 aliphatic heterocycles. The molecule has 1 amide bonds. The number of amides is 1. The van der Waals surface area contributed by atoms with Gasteiger partial charge in [0.25, 0.3) is 5.91 Å². The lowest BCUT2D eigenvalue weighted by Crippen LogP contribution is -2.39. The Morgan fingerprint density at radius 2 is 1.90 bits per heavy atom. The Morgan fingerprint density at radius 1 is 1.05 bits per heavy atom. The topological polar surface area (TPSA) is 105 Å². The maximum absolute atomic E-state index is 13.1. The number of carbonyl (C=O) groups is 1. The van der Waals surface area contributed by atoms with Crippen molar-refractivity contribution in [3.63, 3.8) is 0 Å². The predicted octanol–water partition coefficient (Wildman–Crippen LogP) is 3.99. The number of nitrogens with one attached hydrogen (secondary N) is 1. The maximum Gasteiger partial charge on any atom is 0.255 e. The molecular formula is C29H30N8O2. The number of H-pyrrole nitrogens is 1. The molecule has 0 bridgehead atoms. The van der Waals surface area contributed by atoms with Crippen LogP contribution in [0.15, 0.2) is 55.0 Å². The Hall–Kier alpha value is -4.31. The van der Waals surface area contributed by atoms with Crippen molar-refractivity contribution in [3.05, 3.63) is 66.2 Å². The van der Waals surface area contributed by atoms with Gasteiger partial charge in [-0.1, -0.05) is 0 Å². The molecule has 39 heavy (non-hydrogen) atoms. The Labute approximate surface area is 225 Å². The summed E-state index contributed by atoms with van der Waals surface area (Å²) in [7, 11) is 0. The number of likely N-dealkylation sites (tertiary alicyclic amines) is 1. The van der Waals surface area contributed by atoms with Crippen molar-refractivity contribution in [3.8, 4) is 11.4 Å². The third kappa shape index (κ3) is 4.30. The molecule has 10 heteroatoms. The first-order chi connectivity index (χ1) is 19.2. The highest BCUT2D eigenvalue weighted by molar-refractivity contribution is 5.95. The first-order valence-corrected chi connectivity index (χ1v) is 13.5. The van der Waals surface area contributed by atoms with E-state index in [0.29, 0.717) is 37.7 Å². The number of benzene rings is 1. The van der Waals surface area contributed by atoms with Gasteiger partial charge >= 0.3 is 0 Å². The highest BCUT2D eigenvalue weighted by Crippen LogP contribution is 2.33. The van der Waals surface area contributed by atoms with E-state index in [1.807, 2.05) is 36.4 Å². The first-order valence-electron chi connectivity index (χ1n) is 13.5. The van der Waals surface area contributed by atoms with Gasteiger partial charge in [-0.25, -0.2) is 14.6 Å². The average Bonchev–Trinajstić information content (AvgIpc) is 3.64. The van der Waals surface area contributed by atoms with Gasteiger partial charge in [-0.3, -0.25) is 9.78 Å². The molecule has 0 saturated carbocycles. The number of aromatic nitrogens is 6. The quantitative estimate of drug-likeness (QED) is 0.380. The molecule has 1 N–H and O–H groups in total. The molecular weight excluding hydrogens is 492 g/mol. The maximum atomic E-state index is 13.1. The second kappa shape index (κ2) is 9.77. The number of fused-ring (bicyclic) bond motifs is 2. The normalized spacial score (nSPS) is 16.8. The summed E-state index contributed by atoms with van der Waals surface area (Å²) in [5.41, 5.74) is 4.33. The van der Waals surface area contributed by atoms with Gasteiger partial charge in [-0.05, 0) is 56.2 Å². The summed E-state index contributed by atoms with van der Waals surface area (Å²) in [5.74, 6) is 1.63. The molecule has 0 atom stereocenters. The molecule has 2 fully saturated rings. The van der Waals surface area contributed by atoms with Crippen molar-refractivity contribution >= 4 is 33.7 Å². The Balaban J connectivity index is 1.23. The summed E-state index contributed by atoms with van der Waals surface area (Å²) in [4.78, 5) is 35.0. The third-order valence-corrected chi connectivity index (χ3v) is 7.89. The highest BCUT2D eigenvalue weighted by Gasteiger charge is 2.29. The molecule has 0 spiro atoms. The minimum absolute atomic E-state index is 0.0451. The Bertz CT molecular complexity index is 1660. The van der Waals surface area contributed by atoms with Crippen LogP contribution in [0.1, 0.15) is 34.9 Å². The van der Waals surface area contributed by atoms with Gasteiger partial charge in [-0.2, -0.15) is 5.10 Å². The number of carbonyl (C=O) groups excluding carboxylic acids is 1. The molecule has 10 nitrogen and oxygen atoms in total. The van der Waals surface area contributed by atoms with E-state index in [9.17, 15) is 4.79 Å². The molecule has 0 radical (unpaired) electrons. The summed E-state index contributed by atoms with van der Waals surface area (Å²) in [6.07, 6.45) is 7.18. The van der Waals surface area contributed by atoms with Gasteiger partial charge in [0.1, 0.15) is 5.82 Å². The lowest BCUT2D eigenvalue weighted by atomic mass is 10.0. The van der Waals surface area contributed by atoms with Crippen LogP contribution in [-0.2, 0) is 4.74 Å². The van der Waals surface area contributed by atoms with E-state index >= 15 is 0 Å². The van der Waals surface area contributed by atoms with E-state index in [-0.39, 0.29) is 11.9 Å². The van der Waals surface area contributed by atoms with Crippen LogP contribution >= 0.6 is 0 Å². The van der Waals surface area contributed by atoms with Crippen molar-refractivity contribution in [2.75, 3.05) is 44.3 Å². The molecule has 2 aliphatic rings. The number of ether oxygens (including phenoxy) is 1. The standard InChI is InChI=1S/C29H30N8O2/c1-19-23(3-2-9-30-19)29(38)36-11-7-22(8-12-36)37-28-24(18-32-37)27(35-13-15-39-16-14-35)33-26(34-28)21-4-5-25-20(17-21)6-10-31-25/h2-6,9-10,17-18,22,31H,7-8,11-16H2,1H3. The van der Waals surface area contributed by atoms with Crippen LogP contribution in [0.25, 0.3) is 33.3 Å². The molecule has 5 aromatic rings. The van der Waals surface area contributed by atoms with E-state index in [0.717, 1.165) is 64.9 Å². The summed E-state index contributed by atoms with van der Waals surface area (Å²) < 4.78 is 7.66. The van der Waals surface area contributed by atoms with E-state index < -0.39 is 0 Å². The van der Waals surface area contributed by atoms with Gasteiger partial charge in [-0.15, -0.1) is 0 Å². The van der Waals surface area contributed by atoms with Crippen LogP contribution in [0.2, 0.25) is 0 Å². The number of anilines is 1. The molecule has 6 heterocycles. The second-order valence-corrected chi connectivity index (χ2v) is 10.2.